The number of carbonyl (C=O) groups is 1. The zero-order chi connectivity index (χ0) is 14.9. The summed E-state index contributed by atoms with van der Waals surface area (Å²) in [5, 5.41) is 14.2. The minimum atomic E-state index is -0.477. The van der Waals surface area contributed by atoms with E-state index in [4.69, 9.17) is 11.6 Å². The van der Waals surface area contributed by atoms with E-state index in [0.29, 0.717) is 9.90 Å². The van der Waals surface area contributed by atoms with E-state index in [1.807, 2.05) is 24.3 Å². The summed E-state index contributed by atoms with van der Waals surface area (Å²) < 4.78 is 1.01. The third kappa shape index (κ3) is 2.80. The summed E-state index contributed by atoms with van der Waals surface area (Å²) >= 11 is 7.75. The summed E-state index contributed by atoms with van der Waals surface area (Å²) in [4.78, 5) is 13.1. The number of fused-ring (bicyclic) bond motifs is 1. The van der Waals surface area contributed by atoms with E-state index in [1.165, 1.54) is 17.8 Å². The third-order valence-corrected chi connectivity index (χ3v) is 5.91. The molecular weight excluding hydrogens is 306 g/mol. The first kappa shape index (κ1) is 14.8. The molecule has 2 N–H and O–H groups in total. The van der Waals surface area contributed by atoms with Crippen molar-refractivity contribution in [2.75, 3.05) is 6.61 Å². The lowest BCUT2D eigenvalue weighted by molar-refractivity contribution is 0.0762. The summed E-state index contributed by atoms with van der Waals surface area (Å²) in [7, 11) is 0. The topological polar surface area (TPSA) is 49.3 Å². The summed E-state index contributed by atoms with van der Waals surface area (Å²) in [5.74, 6) is -0.169. The van der Waals surface area contributed by atoms with Crippen LogP contribution in [0.15, 0.2) is 24.3 Å². The molecule has 0 radical (unpaired) electrons. The minimum Gasteiger partial charge on any atom is -0.394 e. The van der Waals surface area contributed by atoms with Gasteiger partial charge in [0.2, 0.25) is 0 Å². The van der Waals surface area contributed by atoms with Crippen molar-refractivity contribution in [3.63, 3.8) is 0 Å². The Kier molecular flexibility index (Phi) is 4.20. The highest BCUT2D eigenvalue weighted by Gasteiger charge is 2.34. The highest BCUT2D eigenvalue weighted by atomic mass is 35.5. The summed E-state index contributed by atoms with van der Waals surface area (Å²) in [5.41, 5.74) is -0.477. The number of halogens is 1. The Hall–Kier alpha value is -1.10. The van der Waals surface area contributed by atoms with Crippen molar-refractivity contribution in [2.24, 2.45) is 0 Å². The van der Waals surface area contributed by atoms with Crippen LogP contribution < -0.4 is 5.32 Å². The minimum absolute atomic E-state index is 0.0126. The number of aliphatic hydroxyl groups excluding tert-OH is 1. The van der Waals surface area contributed by atoms with Crippen LogP contribution in [0.2, 0.25) is 5.02 Å². The van der Waals surface area contributed by atoms with Crippen LogP contribution in [0, 0.1) is 0 Å². The van der Waals surface area contributed by atoms with Crippen LogP contribution in [0.5, 0.6) is 0 Å². The molecule has 0 bridgehead atoms. The molecule has 0 aliphatic heterocycles. The Bertz CT molecular complexity index is 661. The molecule has 0 atom stereocenters. The van der Waals surface area contributed by atoms with Crippen LogP contribution in [0.4, 0.5) is 0 Å². The normalized spacial score (nSPS) is 17.8. The standard InChI is InChI=1S/C16H18ClNO2S/c17-13-11-6-2-3-7-12(11)21-14(13)15(20)18-16(10-19)8-4-1-5-9-16/h2-3,6-7,19H,1,4-5,8-10H2,(H,18,20). The fraction of sp³-hybridized carbons (Fsp3) is 0.438. The van der Waals surface area contributed by atoms with Gasteiger partial charge in [-0.15, -0.1) is 11.3 Å². The zero-order valence-electron chi connectivity index (χ0n) is 11.7. The highest BCUT2D eigenvalue weighted by Crippen LogP contribution is 2.36. The Morgan fingerprint density at radius 2 is 2.00 bits per heavy atom. The lowest BCUT2D eigenvalue weighted by Gasteiger charge is -2.36. The quantitative estimate of drug-likeness (QED) is 0.897. The van der Waals surface area contributed by atoms with Gasteiger partial charge < -0.3 is 10.4 Å². The van der Waals surface area contributed by atoms with Crippen LogP contribution in [0.25, 0.3) is 10.1 Å². The Morgan fingerprint density at radius 1 is 1.29 bits per heavy atom. The molecule has 1 heterocycles. The summed E-state index contributed by atoms with van der Waals surface area (Å²) in [6.07, 6.45) is 4.92. The Balaban J connectivity index is 1.88. The maximum absolute atomic E-state index is 12.6. The molecule has 1 aliphatic carbocycles. The van der Waals surface area contributed by atoms with Gasteiger partial charge in [-0.25, -0.2) is 0 Å². The van der Waals surface area contributed by atoms with Crippen molar-refractivity contribution in [2.45, 2.75) is 37.6 Å². The Morgan fingerprint density at radius 3 is 2.67 bits per heavy atom. The van der Waals surface area contributed by atoms with Crippen LogP contribution >= 0.6 is 22.9 Å². The van der Waals surface area contributed by atoms with E-state index in [2.05, 4.69) is 5.32 Å². The molecule has 1 aromatic heterocycles. The monoisotopic (exact) mass is 323 g/mol. The number of benzene rings is 1. The molecule has 1 aliphatic rings. The van der Waals surface area contributed by atoms with Gasteiger partial charge in [-0.05, 0) is 18.9 Å². The van der Waals surface area contributed by atoms with Crippen LogP contribution in [0.1, 0.15) is 41.8 Å². The van der Waals surface area contributed by atoms with E-state index < -0.39 is 5.54 Å². The number of thiophene rings is 1. The fourth-order valence-corrected chi connectivity index (χ4v) is 4.42. The Labute approximate surface area is 132 Å². The molecule has 3 nitrogen and oxygen atoms in total. The molecule has 112 valence electrons. The SMILES string of the molecule is O=C(NC1(CO)CCCCC1)c1sc2ccccc2c1Cl. The maximum atomic E-state index is 12.6. The molecule has 1 saturated carbocycles. The van der Waals surface area contributed by atoms with E-state index in [0.717, 1.165) is 35.8 Å². The molecule has 0 saturated heterocycles. The number of amides is 1. The lowest BCUT2D eigenvalue weighted by Crippen LogP contribution is -2.52. The number of hydrogen-bond acceptors (Lipinski definition) is 3. The first-order valence-electron chi connectivity index (χ1n) is 7.26. The van der Waals surface area contributed by atoms with E-state index >= 15 is 0 Å². The van der Waals surface area contributed by atoms with Gasteiger partial charge in [-0.3, -0.25) is 4.79 Å². The molecule has 5 heteroatoms. The predicted octanol–water partition coefficient (Wildman–Crippen LogP) is 3.98. The van der Waals surface area contributed by atoms with Crippen LogP contribution in [-0.4, -0.2) is 23.2 Å². The third-order valence-electron chi connectivity index (χ3n) is 4.23. The largest absolute Gasteiger partial charge is 0.394 e. The lowest BCUT2D eigenvalue weighted by atomic mass is 9.82. The van der Waals surface area contributed by atoms with Crippen molar-refractivity contribution in [3.05, 3.63) is 34.2 Å². The fourth-order valence-electron chi connectivity index (χ4n) is 3.01. The average Bonchev–Trinajstić information content (AvgIpc) is 2.86. The second kappa shape index (κ2) is 5.95. The molecule has 2 aromatic rings. The number of nitrogens with one attached hydrogen (secondary N) is 1. The summed E-state index contributed by atoms with van der Waals surface area (Å²) in [6.45, 7) is -0.0126. The molecule has 1 aromatic carbocycles. The molecule has 3 rings (SSSR count). The van der Waals surface area contributed by atoms with Gasteiger partial charge in [0.15, 0.2) is 0 Å². The predicted molar refractivity (Wildman–Crippen MR) is 87.2 cm³/mol. The van der Waals surface area contributed by atoms with Gasteiger partial charge in [0, 0.05) is 10.1 Å². The molecule has 1 amide bonds. The molecule has 1 fully saturated rings. The molecule has 21 heavy (non-hydrogen) atoms. The van der Waals surface area contributed by atoms with Crippen molar-refractivity contribution >= 4 is 38.9 Å². The van der Waals surface area contributed by atoms with Gasteiger partial charge in [-0.1, -0.05) is 49.1 Å². The van der Waals surface area contributed by atoms with E-state index in [-0.39, 0.29) is 12.5 Å². The van der Waals surface area contributed by atoms with Gasteiger partial charge in [0.1, 0.15) is 4.88 Å². The van der Waals surface area contributed by atoms with Crippen LogP contribution in [-0.2, 0) is 0 Å². The molecule has 0 spiro atoms. The molecular formula is C16H18ClNO2S. The van der Waals surface area contributed by atoms with Gasteiger partial charge in [0.05, 0.1) is 17.2 Å². The summed E-state index contributed by atoms with van der Waals surface area (Å²) in [6, 6.07) is 7.74. The smallest absolute Gasteiger partial charge is 0.263 e. The average molecular weight is 324 g/mol. The first-order valence-corrected chi connectivity index (χ1v) is 8.45. The van der Waals surface area contributed by atoms with Crippen molar-refractivity contribution in [1.29, 1.82) is 0 Å². The second-order valence-corrected chi connectivity index (χ2v) is 7.12. The van der Waals surface area contributed by atoms with Crippen molar-refractivity contribution in [1.82, 2.24) is 5.32 Å². The number of rotatable bonds is 3. The first-order chi connectivity index (χ1) is 10.2. The van der Waals surface area contributed by atoms with E-state index in [1.54, 1.807) is 0 Å². The highest BCUT2D eigenvalue weighted by molar-refractivity contribution is 7.21. The second-order valence-electron chi connectivity index (χ2n) is 5.69. The zero-order valence-corrected chi connectivity index (χ0v) is 13.3. The van der Waals surface area contributed by atoms with Crippen LogP contribution in [0.3, 0.4) is 0 Å². The number of aliphatic hydroxyl groups is 1. The van der Waals surface area contributed by atoms with Crippen molar-refractivity contribution in [3.8, 4) is 0 Å². The van der Waals surface area contributed by atoms with Crippen molar-refractivity contribution < 1.29 is 9.90 Å². The van der Waals surface area contributed by atoms with Gasteiger partial charge in [-0.2, -0.15) is 0 Å². The molecule has 0 unspecified atom stereocenters. The van der Waals surface area contributed by atoms with E-state index in [9.17, 15) is 9.90 Å². The van der Waals surface area contributed by atoms with Gasteiger partial charge >= 0.3 is 0 Å². The van der Waals surface area contributed by atoms with Gasteiger partial charge in [0.25, 0.3) is 5.91 Å². The number of carbonyl (C=O) groups excluding carboxylic acids is 1. The number of hydrogen-bond donors (Lipinski definition) is 2. The maximum Gasteiger partial charge on any atom is 0.263 e.